The normalized spacial score (nSPS) is 16.9. The second kappa shape index (κ2) is 6.14. The molecule has 0 atom stereocenters. The van der Waals surface area contributed by atoms with E-state index in [4.69, 9.17) is 9.15 Å². The van der Waals surface area contributed by atoms with Crippen LogP contribution in [0.5, 0.6) is 0 Å². The molecule has 1 aliphatic heterocycles. The second-order valence-electron chi connectivity index (χ2n) is 5.23. The molecule has 1 aliphatic rings. The molecule has 1 saturated heterocycles. The number of furan rings is 1. The van der Waals surface area contributed by atoms with Crippen molar-refractivity contribution in [3.05, 3.63) is 47.7 Å². The van der Waals surface area contributed by atoms with E-state index in [-0.39, 0.29) is 0 Å². The minimum absolute atomic E-state index is 0.433. The summed E-state index contributed by atoms with van der Waals surface area (Å²) in [5.41, 5.74) is -0.237. The molecule has 0 amide bonds. The highest BCUT2D eigenvalue weighted by Gasteiger charge is 2.30. The lowest BCUT2D eigenvalue weighted by atomic mass is 10.1. The molecule has 1 aromatic carbocycles. The molecular formula is C16H16F3NO2. The maximum Gasteiger partial charge on any atom is 0.416 e. The summed E-state index contributed by atoms with van der Waals surface area (Å²) in [5.74, 6) is 1.20. The quantitative estimate of drug-likeness (QED) is 0.862. The number of morpholine rings is 1. The summed E-state index contributed by atoms with van der Waals surface area (Å²) in [7, 11) is 0. The zero-order valence-corrected chi connectivity index (χ0v) is 11.9. The fourth-order valence-electron chi connectivity index (χ4n) is 2.45. The van der Waals surface area contributed by atoms with Crippen LogP contribution in [-0.2, 0) is 17.5 Å². The number of rotatable bonds is 3. The van der Waals surface area contributed by atoms with Gasteiger partial charge >= 0.3 is 6.18 Å². The van der Waals surface area contributed by atoms with Gasteiger partial charge in [-0.15, -0.1) is 0 Å². The van der Waals surface area contributed by atoms with Gasteiger partial charge in [-0.1, -0.05) is 12.1 Å². The van der Waals surface area contributed by atoms with Crippen LogP contribution in [0, 0.1) is 0 Å². The summed E-state index contributed by atoms with van der Waals surface area (Å²) in [5, 5.41) is 0. The number of hydrogen-bond donors (Lipinski definition) is 0. The highest BCUT2D eigenvalue weighted by atomic mass is 19.4. The van der Waals surface area contributed by atoms with Crippen molar-refractivity contribution in [1.29, 1.82) is 0 Å². The molecule has 0 unspecified atom stereocenters. The van der Waals surface area contributed by atoms with Gasteiger partial charge in [-0.3, -0.25) is 4.90 Å². The van der Waals surface area contributed by atoms with Crippen molar-refractivity contribution in [1.82, 2.24) is 4.90 Å². The number of hydrogen-bond acceptors (Lipinski definition) is 3. The maximum atomic E-state index is 12.7. The van der Waals surface area contributed by atoms with Crippen LogP contribution in [-0.4, -0.2) is 31.2 Å². The Bertz CT molecular complexity index is 630. The van der Waals surface area contributed by atoms with E-state index in [1.54, 1.807) is 12.1 Å². The molecule has 2 aromatic rings. The van der Waals surface area contributed by atoms with Gasteiger partial charge in [-0.2, -0.15) is 13.2 Å². The second-order valence-corrected chi connectivity index (χ2v) is 5.23. The Hall–Kier alpha value is -1.79. The Morgan fingerprint density at radius 3 is 2.55 bits per heavy atom. The summed E-state index contributed by atoms with van der Waals surface area (Å²) in [4.78, 5) is 2.19. The Balaban J connectivity index is 1.75. The first-order chi connectivity index (χ1) is 10.5. The van der Waals surface area contributed by atoms with E-state index in [0.29, 0.717) is 31.1 Å². The highest BCUT2D eigenvalue weighted by Crippen LogP contribution is 2.32. The lowest BCUT2D eigenvalue weighted by Crippen LogP contribution is -2.35. The minimum Gasteiger partial charge on any atom is -0.460 e. The van der Waals surface area contributed by atoms with Crippen LogP contribution in [0.2, 0.25) is 0 Å². The van der Waals surface area contributed by atoms with Crippen LogP contribution in [0.25, 0.3) is 11.3 Å². The van der Waals surface area contributed by atoms with Crippen LogP contribution < -0.4 is 0 Å². The van der Waals surface area contributed by atoms with Crippen LogP contribution in [0.3, 0.4) is 0 Å². The lowest BCUT2D eigenvalue weighted by molar-refractivity contribution is -0.137. The first kappa shape index (κ1) is 15.1. The first-order valence-electron chi connectivity index (χ1n) is 7.09. The van der Waals surface area contributed by atoms with Gasteiger partial charge in [0, 0.05) is 18.7 Å². The van der Waals surface area contributed by atoms with Crippen molar-refractivity contribution < 1.29 is 22.3 Å². The molecular weight excluding hydrogens is 295 g/mol. The van der Waals surface area contributed by atoms with Crippen LogP contribution >= 0.6 is 0 Å². The van der Waals surface area contributed by atoms with Crippen molar-refractivity contribution >= 4 is 0 Å². The molecule has 1 fully saturated rings. The van der Waals surface area contributed by atoms with Crippen LogP contribution in [0.15, 0.2) is 40.8 Å². The molecule has 2 heterocycles. The number of alkyl halides is 3. The first-order valence-corrected chi connectivity index (χ1v) is 7.09. The van der Waals surface area contributed by atoms with Crippen molar-refractivity contribution in [2.75, 3.05) is 26.3 Å². The molecule has 0 aliphatic carbocycles. The molecule has 6 heteroatoms. The predicted molar refractivity (Wildman–Crippen MR) is 75.2 cm³/mol. The number of benzene rings is 1. The summed E-state index contributed by atoms with van der Waals surface area (Å²) in [6, 6.07) is 8.70. The van der Waals surface area contributed by atoms with Gasteiger partial charge < -0.3 is 9.15 Å². The predicted octanol–water partition coefficient (Wildman–Crippen LogP) is 3.80. The Morgan fingerprint density at radius 1 is 1.05 bits per heavy atom. The van der Waals surface area contributed by atoms with E-state index in [0.717, 1.165) is 31.0 Å². The third-order valence-electron chi connectivity index (χ3n) is 3.62. The summed E-state index contributed by atoms with van der Waals surface area (Å²) >= 11 is 0. The van der Waals surface area contributed by atoms with Crippen molar-refractivity contribution in [3.8, 4) is 11.3 Å². The van der Waals surface area contributed by atoms with Crippen molar-refractivity contribution in [2.45, 2.75) is 12.7 Å². The van der Waals surface area contributed by atoms with E-state index < -0.39 is 11.7 Å². The maximum absolute atomic E-state index is 12.7. The third kappa shape index (κ3) is 3.51. The molecule has 118 valence electrons. The smallest absolute Gasteiger partial charge is 0.416 e. The monoisotopic (exact) mass is 311 g/mol. The number of halogens is 3. The van der Waals surface area contributed by atoms with E-state index >= 15 is 0 Å². The molecule has 1 aromatic heterocycles. The van der Waals surface area contributed by atoms with E-state index in [2.05, 4.69) is 4.90 Å². The van der Waals surface area contributed by atoms with Crippen LogP contribution in [0.4, 0.5) is 13.2 Å². The van der Waals surface area contributed by atoms with Crippen LogP contribution in [0.1, 0.15) is 11.3 Å². The van der Waals surface area contributed by atoms with E-state index in [1.165, 1.54) is 6.07 Å². The van der Waals surface area contributed by atoms with Gasteiger partial charge in [-0.05, 0) is 24.3 Å². The average Bonchev–Trinajstić information content (AvgIpc) is 2.96. The highest BCUT2D eigenvalue weighted by molar-refractivity contribution is 5.58. The lowest BCUT2D eigenvalue weighted by Gasteiger charge is -2.25. The summed E-state index contributed by atoms with van der Waals surface area (Å²) < 4.78 is 49.2. The van der Waals surface area contributed by atoms with E-state index in [9.17, 15) is 13.2 Å². The molecule has 22 heavy (non-hydrogen) atoms. The number of nitrogens with zero attached hydrogens (tertiary/aromatic N) is 1. The van der Waals surface area contributed by atoms with Gasteiger partial charge in [0.25, 0.3) is 0 Å². The van der Waals surface area contributed by atoms with Gasteiger partial charge in [0.2, 0.25) is 0 Å². The zero-order chi connectivity index (χ0) is 15.6. The Kier molecular flexibility index (Phi) is 4.22. The minimum atomic E-state index is -4.35. The van der Waals surface area contributed by atoms with Crippen molar-refractivity contribution in [2.24, 2.45) is 0 Å². The van der Waals surface area contributed by atoms with Gasteiger partial charge in [0.15, 0.2) is 0 Å². The topological polar surface area (TPSA) is 25.6 Å². The molecule has 0 saturated carbocycles. The summed E-state index contributed by atoms with van der Waals surface area (Å²) in [6.45, 7) is 3.70. The Labute approximate surface area is 126 Å². The molecule has 0 N–H and O–H groups in total. The molecule has 3 nitrogen and oxygen atoms in total. The SMILES string of the molecule is FC(F)(F)c1cccc(-c2ccc(CN3CCOCC3)o2)c1. The largest absolute Gasteiger partial charge is 0.460 e. The zero-order valence-electron chi connectivity index (χ0n) is 11.9. The van der Waals surface area contributed by atoms with E-state index in [1.807, 2.05) is 6.07 Å². The summed E-state index contributed by atoms with van der Waals surface area (Å²) in [6.07, 6.45) is -4.35. The molecule has 0 bridgehead atoms. The van der Waals surface area contributed by atoms with Gasteiger partial charge in [-0.25, -0.2) is 0 Å². The molecule has 0 radical (unpaired) electrons. The third-order valence-corrected chi connectivity index (χ3v) is 3.62. The fourth-order valence-corrected chi connectivity index (χ4v) is 2.45. The molecule has 3 rings (SSSR count). The van der Waals surface area contributed by atoms with Crippen molar-refractivity contribution in [3.63, 3.8) is 0 Å². The fraction of sp³-hybridized carbons (Fsp3) is 0.375. The van der Waals surface area contributed by atoms with Gasteiger partial charge in [0.05, 0.1) is 25.3 Å². The average molecular weight is 311 g/mol. The Morgan fingerprint density at radius 2 is 1.82 bits per heavy atom. The number of ether oxygens (including phenoxy) is 1. The molecule has 0 spiro atoms. The standard InChI is InChI=1S/C16H16F3NO2/c17-16(18,19)13-3-1-2-12(10-13)15-5-4-14(22-15)11-20-6-8-21-9-7-20/h1-5,10H,6-9,11H2. The van der Waals surface area contributed by atoms with Gasteiger partial charge in [0.1, 0.15) is 11.5 Å².